The molecular formula is C19H27F2NO4. The predicted molar refractivity (Wildman–Crippen MR) is 93.1 cm³/mol. The average Bonchev–Trinajstić information content (AvgIpc) is 2.62. The lowest BCUT2D eigenvalue weighted by atomic mass is 9.77. The Kier molecular flexibility index (Phi) is 7.78. The molecule has 1 saturated heterocycles. The van der Waals surface area contributed by atoms with Gasteiger partial charge in [-0.25, -0.2) is 0 Å². The van der Waals surface area contributed by atoms with Crippen molar-refractivity contribution < 1.29 is 27.8 Å². The molecule has 2 rings (SSSR count). The van der Waals surface area contributed by atoms with Crippen LogP contribution in [0.15, 0.2) is 24.3 Å². The first-order valence-corrected chi connectivity index (χ1v) is 8.91. The lowest BCUT2D eigenvalue weighted by Gasteiger charge is -2.41. The number of rotatable bonds is 9. The molecule has 0 saturated carbocycles. The molecule has 1 aromatic rings. The van der Waals surface area contributed by atoms with Crippen LogP contribution in [0, 0.1) is 5.41 Å². The van der Waals surface area contributed by atoms with E-state index >= 15 is 0 Å². The van der Waals surface area contributed by atoms with Gasteiger partial charge in [-0.1, -0.05) is 12.1 Å². The van der Waals surface area contributed by atoms with Crippen molar-refractivity contribution in [1.82, 2.24) is 4.90 Å². The molecule has 5 nitrogen and oxygen atoms in total. The molecule has 0 spiro atoms. The summed E-state index contributed by atoms with van der Waals surface area (Å²) in [6.07, 6.45) is 2.31. The van der Waals surface area contributed by atoms with Crippen LogP contribution in [0.25, 0.3) is 0 Å². The summed E-state index contributed by atoms with van der Waals surface area (Å²) in [7, 11) is 1.63. The van der Waals surface area contributed by atoms with Gasteiger partial charge in [0.1, 0.15) is 5.75 Å². The Morgan fingerprint density at radius 2 is 2.04 bits per heavy atom. The van der Waals surface area contributed by atoms with Crippen molar-refractivity contribution in [3.05, 3.63) is 29.8 Å². The first-order valence-electron chi connectivity index (χ1n) is 8.91. The number of nitrogens with zero attached hydrogens (tertiary/aromatic N) is 1. The molecule has 1 atom stereocenters. The molecule has 0 amide bonds. The maximum Gasteiger partial charge on any atom is 0.387 e. The number of benzene rings is 1. The minimum atomic E-state index is -2.83. The second kappa shape index (κ2) is 9.83. The Morgan fingerprint density at radius 3 is 2.65 bits per heavy atom. The van der Waals surface area contributed by atoms with E-state index in [2.05, 4.69) is 9.64 Å². The van der Waals surface area contributed by atoms with Crippen LogP contribution in [0.1, 0.15) is 31.7 Å². The molecule has 1 aromatic carbocycles. The van der Waals surface area contributed by atoms with Gasteiger partial charge < -0.3 is 14.2 Å². The number of ether oxygens (including phenoxy) is 3. The highest BCUT2D eigenvalue weighted by Crippen LogP contribution is 2.35. The number of likely N-dealkylation sites (tertiary alicyclic amines) is 1. The van der Waals surface area contributed by atoms with Crippen LogP contribution >= 0.6 is 0 Å². The van der Waals surface area contributed by atoms with Crippen molar-refractivity contribution in [1.29, 1.82) is 0 Å². The van der Waals surface area contributed by atoms with Crippen molar-refractivity contribution in [3.8, 4) is 5.75 Å². The zero-order valence-corrected chi connectivity index (χ0v) is 15.4. The van der Waals surface area contributed by atoms with Crippen LogP contribution in [-0.2, 0) is 20.8 Å². The van der Waals surface area contributed by atoms with E-state index in [0.29, 0.717) is 32.7 Å². The fourth-order valence-electron chi connectivity index (χ4n) is 3.45. The lowest BCUT2D eigenvalue weighted by Crippen LogP contribution is -2.48. The summed E-state index contributed by atoms with van der Waals surface area (Å²) in [5.41, 5.74) is 0.432. The molecule has 7 heteroatoms. The number of piperidine rings is 1. The molecule has 0 bridgehead atoms. The SMILES string of the molecule is CCOC(=O)[C@@]1(CCOC)CCCN(Cc2ccc(OC(F)F)cc2)C1. The molecule has 0 aromatic heterocycles. The maximum atomic E-state index is 12.6. The second-order valence-electron chi connectivity index (χ2n) is 6.58. The Bertz CT molecular complexity index is 567. The van der Waals surface area contributed by atoms with Crippen LogP contribution in [0.3, 0.4) is 0 Å². The monoisotopic (exact) mass is 371 g/mol. The molecule has 1 aliphatic rings. The average molecular weight is 371 g/mol. The minimum absolute atomic E-state index is 0.142. The molecule has 0 aliphatic carbocycles. The number of alkyl halides is 2. The predicted octanol–water partition coefficient (Wildman–Crippen LogP) is 3.47. The van der Waals surface area contributed by atoms with Crippen LogP contribution < -0.4 is 4.74 Å². The van der Waals surface area contributed by atoms with Gasteiger partial charge in [0, 0.05) is 26.8 Å². The van der Waals surface area contributed by atoms with E-state index in [1.165, 1.54) is 12.1 Å². The quantitative estimate of drug-likeness (QED) is 0.622. The Labute approximate surface area is 153 Å². The van der Waals surface area contributed by atoms with Gasteiger partial charge in [-0.3, -0.25) is 9.69 Å². The first-order chi connectivity index (χ1) is 12.5. The van der Waals surface area contributed by atoms with Crippen molar-refractivity contribution in [2.24, 2.45) is 5.41 Å². The van der Waals surface area contributed by atoms with Crippen LogP contribution in [0.2, 0.25) is 0 Å². The molecular weight excluding hydrogens is 344 g/mol. The van der Waals surface area contributed by atoms with E-state index in [1.54, 1.807) is 19.2 Å². The van der Waals surface area contributed by atoms with E-state index in [-0.39, 0.29) is 11.7 Å². The number of methoxy groups -OCH3 is 1. The zero-order valence-electron chi connectivity index (χ0n) is 15.4. The topological polar surface area (TPSA) is 48.0 Å². The number of carbonyl (C=O) groups excluding carboxylic acids is 1. The van der Waals surface area contributed by atoms with Crippen molar-refractivity contribution >= 4 is 5.97 Å². The highest BCUT2D eigenvalue weighted by Gasteiger charge is 2.43. The van der Waals surface area contributed by atoms with Crippen molar-refractivity contribution in [2.75, 3.05) is 33.4 Å². The molecule has 1 aliphatic heterocycles. The lowest BCUT2D eigenvalue weighted by molar-refractivity contribution is -0.160. The third kappa shape index (κ3) is 5.64. The fraction of sp³-hybridized carbons (Fsp3) is 0.632. The Hall–Kier alpha value is -1.73. The van der Waals surface area contributed by atoms with Crippen LogP contribution in [-0.4, -0.2) is 50.9 Å². The number of hydrogen-bond acceptors (Lipinski definition) is 5. The zero-order chi connectivity index (χ0) is 19.0. The molecule has 1 fully saturated rings. The Balaban J connectivity index is 2.03. The van der Waals surface area contributed by atoms with Gasteiger partial charge in [-0.15, -0.1) is 0 Å². The smallest absolute Gasteiger partial charge is 0.387 e. The normalized spacial score (nSPS) is 21.0. The third-order valence-corrected chi connectivity index (χ3v) is 4.70. The fourth-order valence-corrected chi connectivity index (χ4v) is 3.45. The maximum absolute atomic E-state index is 12.6. The van der Waals surface area contributed by atoms with E-state index in [0.717, 1.165) is 24.9 Å². The summed E-state index contributed by atoms with van der Waals surface area (Å²) in [6.45, 7) is 1.97. The Morgan fingerprint density at radius 1 is 1.31 bits per heavy atom. The number of halogens is 2. The largest absolute Gasteiger partial charge is 0.466 e. The van der Waals surface area contributed by atoms with E-state index in [9.17, 15) is 13.6 Å². The summed E-state index contributed by atoms with van der Waals surface area (Å²) in [5.74, 6) is -0.0224. The first kappa shape index (κ1) is 20.6. The highest BCUT2D eigenvalue weighted by molar-refractivity contribution is 5.77. The number of carbonyl (C=O) groups is 1. The van der Waals surface area contributed by atoms with E-state index < -0.39 is 12.0 Å². The number of hydrogen-bond donors (Lipinski definition) is 0. The number of esters is 1. The van der Waals surface area contributed by atoms with E-state index in [4.69, 9.17) is 9.47 Å². The molecule has 26 heavy (non-hydrogen) atoms. The van der Waals surface area contributed by atoms with E-state index in [1.807, 2.05) is 6.92 Å². The van der Waals surface area contributed by atoms with Gasteiger partial charge in [0.05, 0.1) is 12.0 Å². The summed E-state index contributed by atoms with van der Waals surface area (Å²) in [6, 6.07) is 6.62. The second-order valence-corrected chi connectivity index (χ2v) is 6.58. The standard InChI is InChI=1S/C19H27F2NO4/c1-3-25-17(23)19(10-12-24-2)9-4-11-22(14-19)13-15-5-7-16(8-6-15)26-18(20)21/h5-8,18H,3-4,9-14H2,1-2H3/t19-/m1/s1. The van der Waals surface area contributed by atoms with Crippen LogP contribution in [0.4, 0.5) is 8.78 Å². The molecule has 0 N–H and O–H groups in total. The molecule has 146 valence electrons. The molecule has 0 radical (unpaired) electrons. The summed E-state index contributed by atoms with van der Waals surface area (Å²) >= 11 is 0. The van der Waals surface area contributed by atoms with Crippen molar-refractivity contribution in [2.45, 2.75) is 39.3 Å². The van der Waals surface area contributed by atoms with Gasteiger partial charge in [0.15, 0.2) is 0 Å². The van der Waals surface area contributed by atoms with Gasteiger partial charge in [0.25, 0.3) is 0 Å². The molecule has 1 heterocycles. The van der Waals surface area contributed by atoms with Gasteiger partial charge in [-0.2, -0.15) is 8.78 Å². The summed E-state index contributed by atoms with van der Waals surface area (Å²) < 4.78 is 39.4. The summed E-state index contributed by atoms with van der Waals surface area (Å²) in [4.78, 5) is 14.8. The third-order valence-electron chi connectivity index (χ3n) is 4.70. The van der Waals surface area contributed by atoms with Gasteiger partial charge in [-0.05, 0) is 50.4 Å². The van der Waals surface area contributed by atoms with Crippen LogP contribution in [0.5, 0.6) is 5.75 Å². The van der Waals surface area contributed by atoms with Gasteiger partial charge in [0.2, 0.25) is 0 Å². The highest BCUT2D eigenvalue weighted by atomic mass is 19.3. The minimum Gasteiger partial charge on any atom is -0.466 e. The summed E-state index contributed by atoms with van der Waals surface area (Å²) in [5, 5.41) is 0. The van der Waals surface area contributed by atoms with Crippen molar-refractivity contribution in [3.63, 3.8) is 0 Å². The molecule has 0 unspecified atom stereocenters. The van der Waals surface area contributed by atoms with Gasteiger partial charge >= 0.3 is 12.6 Å².